The molecular formula is C11H14BrF2NS. The molecule has 90 valence electrons. The highest BCUT2D eigenvalue weighted by Gasteiger charge is 2.20. The third-order valence-electron chi connectivity index (χ3n) is 2.21. The van der Waals surface area contributed by atoms with Gasteiger partial charge in [-0.15, -0.1) is 0 Å². The summed E-state index contributed by atoms with van der Waals surface area (Å²) in [7, 11) is 0. The second-order valence-electron chi connectivity index (χ2n) is 3.32. The molecule has 0 aliphatic rings. The second-order valence-corrected chi connectivity index (χ2v) is 5.09. The Bertz CT molecular complexity index is 354. The van der Waals surface area contributed by atoms with E-state index in [9.17, 15) is 8.78 Å². The highest BCUT2D eigenvalue weighted by atomic mass is 79.9. The van der Waals surface area contributed by atoms with E-state index < -0.39 is 11.6 Å². The van der Waals surface area contributed by atoms with E-state index in [2.05, 4.69) is 21.2 Å². The van der Waals surface area contributed by atoms with Crippen LogP contribution in [0, 0.1) is 11.6 Å². The van der Waals surface area contributed by atoms with Crippen molar-refractivity contribution in [1.29, 1.82) is 0 Å². The largest absolute Gasteiger partial charge is 0.309 e. The Kier molecular flexibility index (Phi) is 5.72. The van der Waals surface area contributed by atoms with Crippen LogP contribution >= 0.6 is 27.7 Å². The summed E-state index contributed by atoms with van der Waals surface area (Å²) < 4.78 is 27.7. The van der Waals surface area contributed by atoms with E-state index in [0.717, 1.165) is 0 Å². The second kappa shape index (κ2) is 6.57. The molecule has 1 aromatic carbocycles. The number of rotatable bonds is 5. The minimum atomic E-state index is -0.514. The third-order valence-corrected chi connectivity index (χ3v) is 3.49. The SMILES string of the molecule is CCNC(CSC)c1c(F)ccc(Br)c1F. The fourth-order valence-electron chi connectivity index (χ4n) is 1.52. The molecule has 0 heterocycles. The van der Waals surface area contributed by atoms with Gasteiger partial charge in [0.2, 0.25) is 0 Å². The smallest absolute Gasteiger partial charge is 0.145 e. The first-order valence-corrected chi connectivity index (χ1v) is 7.16. The van der Waals surface area contributed by atoms with Crippen LogP contribution in [0.15, 0.2) is 16.6 Å². The highest BCUT2D eigenvalue weighted by Crippen LogP contribution is 2.28. The van der Waals surface area contributed by atoms with E-state index >= 15 is 0 Å². The van der Waals surface area contributed by atoms with E-state index in [4.69, 9.17) is 0 Å². The predicted octanol–water partition coefficient (Wildman–Crippen LogP) is 3.74. The molecule has 5 heteroatoms. The van der Waals surface area contributed by atoms with Crippen molar-refractivity contribution >= 4 is 27.7 Å². The quantitative estimate of drug-likeness (QED) is 0.832. The Labute approximate surface area is 107 Å². The van der Waals surface area contributed by atoms with Crippen LogP contribution in [0.25, 0.3) is 0 Å². The summed E-state index contributed by atoms with van der Waals surface area (Å²) in [4.78, 5) is 0. The zero-order valence-corrected chi connectivity index (χ0v) is 11.6. The fourth-order valence-corrected chi connectivity index (χ4v) is 2.48. The molecule has 1 unspecified atom stereocenters. The number of thioether (sulfide) groups is 1. The molecule has 0 aromatic heterocycles. The predicted molar refractivity (Wildman–Crippen MR) is 68.9 cm³/mol. The highest BCUT2D eigenvalue weighted by molar-refractivity contribution is 9.10. The average molecular weight is 310 g/mol. The average Bonchev–Trinajstić information content (AvgIpc) is 2.25. The van der Waals surface area contributed by atoms with E-state index in [1.165, 1.54) is 12.1 Å². The van der Waals surface area contributed by atoms with Crippen LogP contribution in [0.5, 0.6) is 0 Å². The Morgan fingerprint density at radius 2 is 2.12 bits per heavy atom. The number of hydrogen-bond acceptors (Lipinski definition) is 2. The maximum atomic E-state index is 13.8. The first kappa shape index (κ1) is 13.9. The molecule has 1 aromatic rings. The van der Waals surface area contributed by atoms with Crippen molar-refractivity contribution in [3.05, 3.63) is 33.8 Å². The van der Waals surface area contributed by atoms with Gasteiger partial charge in [0.25, 0.3) is 0 Å². The van der Waals surface area contributed by atoms with Gasteiger partial charge in [0, 0.05) is 17.4 Å². The van der Waals surface area contributed by atoms with E-state index in [0.29, 0.717) is 16.8 Å². The zero-order valence-electron chi connectivity index (χ0n) is 9.19. The number of halogens is 3. The molecule has 1 atom stereocenters. The molecular weight excluding hydrogens is 296 g/mol. The van der Waals surface area contributed by atoms with Crippen molar-refractivity contribution in [3.63, 3.8) is 0 Å². The van der Waals surface area contributed by atoms with E-state index in [1.54, 1.807) is 11.8 Å². The summed E-state index contributed by atoms with van der Waals surface area (Å²) in [6.07, 6.45) is 1.91. The van der Waals surface area contributed by atoms with Crippen LogP contribution in [0.2, 0.25) is 0 Å². The summed E-state index contributed by atoms with van der Waals surface area (Å²) in [5.41, 5.74) is 0.116. The zero-order chi connectivity index (χ0) is 12.1. The Morgan fingerprint density at radius 1 is 1.44 bits per heavy atom. The summed E-state index contributed by atoms with van der Waals surface area (Å²) in [5, 5.41) is 3.09. The van der Waals surface area contributed by atoms with Crippen LogP contribution in [0.1, 0.15) is 18.5 Å². The number of hydrogen-bond donors (Lipinski definition) is 1. The molecule has 0 saturated heterocycles. The molecule has 0 radical (unpaired) electrons. The van der Waals surface area contributed by atoms with Crippen molar-refractivity contribution in [1.82, 2.24) is 5.32 Å². The molecule has 1 nitrogen and oxygen atoms in total. The molecule has 1 rings (SSSR count). The lowest BCUT2D eigenvalue weighted by Gasteiger charge is -2.19. The minimum Gasteiger partial charge on any atom is -0.309 e. The Morgan fingerprint density at radius 3 is 2.69 bits per heavy atom. The molecule has 0 saturated carbocycles. The molecule has 0 aliphatic heterocycles. The molecule has 0 bridgehead atoms. The van der Waals surface area contributed by atoms with Gasteiger partial charge in [-0.05, 0) is 40.9 Å². The molecule has 0 spiro atoms. The van der Waals surface area contributed by atoms with Crippen molar-refractivity contribution < 1.29 is 8.78 Å². The van der Waals surface area contributed by atoms with Gasteiger partial charge < -0.3 is 5.32 Å². The van der Waals surface area contributed by atoms with Gasteiger partial charge in [0.05, 0.1) is 4.47 Å². The van der Waals surface area contributed by atoms with Crippen LogP contribution in [0.3, 0.4) is 0 Å². The standard InChI is InChI=1S/C11H14BrF2NS/c1-3-15-9(6-16-2)10-8(13)5-4-7(12)11(10)14/h4-5,9,15H,3,6H2,1-2H3. The molecule has 0 fully saturated rings. The Balaban J connectivity index is 3.11. The van der Waals surface area contributed by atoms with Crippen LogP contribution in [-0.4, -0.2) is 18.6 Å². The topological polar surface area (TPSA) is 12.0 Å². The number of nitrogens with one attached hydrogen (secondary N) is 1. The molecule has 1 N–H and O–H groups in total. The van der Waals surface area contributed by atoms with Crippen molar-refractivity contribution in [2.45, 2.75) is 13.0 Å². The van der Waals surface area contributed by atoms with Gasteiger partial charge in [0.1, 0.15) is 11.6 Å². The lowest BCUT2D eigenvalue weighted by molar-refractivity contribution is 0.497. The third kappa shape index (κ3) is 3.18. The summed E-state index contributed by atoms with van der Waals surface area (Å²) in [6, 6.07) is 2.38. The molecule has 16 heavy (non-hydrogen) atoms. The van der Waals surface area contributed by atoms with Gasteiger partial charge in [-0.3, -0.25) is 0 Å². The van der Waals surface area contributed by atoms with E-state index in [-0.39, 0.29) is 11.6 Å². The summed E-state index contributed by atoms with van der Waals surface area (Å²) >= 11 is 4.63. The first-order valence-electron chi connectivity index (χ1n) is 4.97. The van der Waals surface area contributed by atoms with E-state index in [1.807, 2.05) is 13.2 Å². The monoisotopic (exact) mass is 309 g/mol. The normalized spacial score (nSPS) is 12.8. The van der Waals surface area contributed by atoms with Crippen molar-refractivity contribution in [2.75, 3.05) is 18.6 Å². The summed E-state index contributed by atoms with van der Waals surface area (Å²) in [5.74, 6) is -0.376. The van der Waals surface area contributed by atoms with Crippen LogP contribution < -0.4 is 5.32 Å². The fraction of sp³-hybridized carbons (Fsp3) is 0.455. The van der Waals surface area contributed by atoms with Crippen LogP contribution in [-0.2, 0) is 0 Å². The Hall–Kier alpha value is -0.130. The number of benzene rings is 1. The van der Waals surface area contributed by atoms with Gasteiger partial charge in [-0.1, -0.05) is 6.92 Å². The first-order chi connectivity index (χ1) is 7.61. The van der Waals surface area contributed by atoms with Crippen molar-refractivity contribution in [2.24, 2.45) is 0 Å². The van der Waals surface area contributed by atoms with Crippen LogP contribution in [0.4, 0.5) is 8.78 Å². The van der Waals surface area contributed by atoms with Crippen molar-refractivity contribution in [3.8, 4) is 0 Å². The molecule has 0 amide bonds. The maximum absolute atomic E-state index is 13.8. The summed E-state index contributed by atoms with van der Waals surface area (Å²) in [6.45, 7) is 2.59. The lowest BCUT2D eigenvalue weighted by atomic mass is 10.1. The van der Waals surface area contributed by atoms with Gasteiger partial charge in [-0.2, -0.15) is 11.8 Å². The lowest BCUT2D eigenvalue weighted by Crippen LogP contribution is -2.25. The van der Waals surface area contributed by atoms with Gasteiger partial charge in [0.15, 0.2) is 0 Å². The minimum absolute atomic E-state index is 0.116. The van der Waals surface area contributed by atoms with Gasteiger partial charge >= 0.3 is 0 Å². The van der Waals surface area contributed by atoms with Gasteiger partial charge in [-0.25, -0.2) is 8.78 Å². The molecule has 0 aliphatic carbocycles. The maximum Gasteiger partial charge on any atom is 0.145 e.